The zero-order valence-corrected chi connectivity index (χ0v) is 59.3. The summed E-state index contributed by atoms with van der Waals surface area (Å²) < 4.78 is 17.9. The molecule has 0 amide bonds. The van der Waals surface area contributed by atoms with Crippen molar-refractivity contribution < 1.29 is 36.5 Å². The van der Waals surface area contributed by atoms with Crippen molar-refractivity contribution in [2.24, 2.45) is 56.4 Å². The average molecular weight is 1280 g/mol. The fraction of sp³-hybridized carbons (Fsp3) is 0.156. The van der Waals surface area contributed by atoms with Crippen molar-refractivity contribution in [3.63, 3.8) is 0 Å². The van der Waals surface area contributed by atoms with E-state index >= 15 is 0 Å². The maximum atomic E-state index is 2.31. The van der Waals surface area contributed by atoms with Gasteiger partial charge in [-0.2, -0.15) is 36.5 Å². The Morgan fingerprint density at radius 3 is 1.28 bits per heavy atom. The van der Waals surface area contributed by atoms with E-state index in [0.717, 1.165) is 0 Å². The molecule has 0 spiro atoms. The lowest BCUT2D eigenvalue weighted by Gasteiger charge is -2.10. The third-order valence-electron chi connectivity index (χ3n) is 19.4. The van der Waals surface area contributed by atoms with Gasteiger partial charge in [0, 0.05) is 107 Å². The predicted molar refractivity (Wildman–Crippen MR) is 400 cm³/mol. The molecule has 8 heterocycles. The first-order valence-electron chi connectivity index (χ1n) is 33.8. The molecule has 0 fully saturated rings. The van der Waals surface area contributed by atoms with Gasteiger partial charge >= 0.3 is 0 Å². The lowest BCUT2D eigenvalue weighted by molar-refractivity contribution is -0.685. The minimum Gasteiger partial charge on any atom is -0.196 e. The summed E-state index contributed by atoms with van der Waals surface area (Å²) >= 11 is 0. The second kappa shape index (κ2) is 29.3. The molecular weight excluding hydrogens is 1190 g/mol. The van der Waals surface area contributed by atoms with Crippen LogP contribution in [0, 0.1) is 41.5 Å². The molecule has 482 valence electrons. The highest BCUT2D eigenvalue weighted by molar-refractivity contribution is 5.97. The van der Waals surface area contributed by atoms with Gasteiger partial charge in [0.05, 0.1) is 10.9 Å². The van der Waals surface area contributed by atoms with E-state index in [1.165, 1.54) is 156 Å². The SMILES string of the molecule is Cc1c(-c2cccc(-c3cccc[n+]3C)[n+]2C)ccc2ccccc12.Cc1cc[n+](C)c(-c2cccc(-c3c(C)ccc4ccccc34)[n+]2C)c1.Cc1ccccc1-c1ccc(C)c(-c2cccc[n+]2C)[n+]1C.Cc1ccccc1-c1cccc(-c2c3ccccc3cc[n+]2C)[n+]1C. The quantitative estimate of drug-likeness (QED) is 0.136. The molecule has 0 saturated carbocycles. The number of hydrogen-bond acceptors (Lipinski definition) is 0. The maximum Gasteiger partial charge on any atom is 0.285 e. The Balaban J connectivity index is 0.000000125. The number of hydrogen-bond donors (Lipinski definition) is 0. The van der Waals surface area contributed by atoms with Gasteiger partial charge in [0.1, 0.15) is 56.4 Å². The molecule has 8 nitrogen and oxygen atoms in total. The summed E-state index contributed by atoms with van der Waals surface area (Å²) in [5, 5.41) is 7.71. The summed E-state index contributed by atoms with van der Waals surface area (Å²) in [7, 11) is 17.0. The standard InChI is InChI=1S/C24H24N2.2C23H22N2.C20H22N2/c1-17-14-15-25(3)23(16-17)21-10-7-11-22(26(21)4)24-18(2)12-13-19-8-5-6-9-20(19)24;1-17-9-4-6-11-19(17)21-13-8-14-22(25(21)3)23-20-12-7-5-10-18(20)15-16-24(23)2;1-17-19-10-5-4-9-18(19)14-15-20(17)21-12-8-13-23(25(21)3)22-11-6-7-16-24(22)2;1-15-9-5-6-10-17(15)18-13-12-16(2)20(22(18)4)19-11-7-8-14-21(19)3/h5-16H,1-4H3;2*4-16H,1-3H3;5-14H,1-4H3/q4*+2. The van der Waals surface area contributed by atoms with E-state index in [4.69, 9.17) is 0 Å². The summed E-state index contributed by atoms with van der Waals surface area (Å²) in [4.78, 5) is 0. The van der Waals surface area contributed by atoms with Crippen molar-refractivity contribution in [2.45, 2.75) is 41.5 Å². The molecule has 0 saturated heterocycles. The van der Waals surface area contributed by atoms with Crippen LogP contribution in [0.3, 0.4) is 0 Å². The van der Waals surface area contributed by atoms with Crippen LogP contribution < -0.4 is 36.5 Å². The van der Waals surface area contributed by atoms with Gasteiger partial charge in [-0.3, -0.25) is 0 Å². The largest absolute Gasteiger partial charge is 0.285 e. The fourth-order valence-corrected chi connectivity index (χ4v) is 14.0. The molecule has 15 rings (SSSR count). The Morgan fingerprint density at radius 1 is 0.214 bits per heavy atom. The highest BCUT2D eigenvalue weighted by Crippen LogP contribution is 2.33. The van der Waals surface area contributed by atoms with Crippen LogP contribution >= 0.6 is 0 Å². The molecule has 8 aromatic heterocycles. The molecule has 8 heteroatoms. The Bertz CT molecular complexity index is 5470. The number of benzene rings is 7. The fourth-order valence-electron chi connectivity index (χ4n) is 14.0. The third kappa shape index (κ3) is 13.6. The van der Waals surface area contributed by atoms with E-state index in [0.29, 0.717) is 0 Å². The van der Waals surface area contributed by atoms with Gasteiger partial charge in [-0.05, 0) is 157 Å². The first-order chi connectivity index (χ1) is 47.5. The molecule has 98 heavy (non-hydrogen) atoms. The molecule has 0 aliphatic rings. The number of rotatable bonds is 8. The Kier molecular flexibility index (Phi) is 19.9. The minimum absolute atomic E-state index is 1.20. The van der Waals surface area contributed by atoms with Crippen molar-refractivity contribution in [1.82, 2.24) is 0 Å². The zero-order valence-electron chi connectivity index (χ0n) is 59.3. The van der Waals surface area contributed by atoms with Crippen LogP contribution in [-0.2, 0) is 56.4 Å². The predicted octanol–water partition coefficient (Wildman–Crippen LogP) is 16.0. The van der Waals surface area contributed by atoms with Crippen LogP contribution in [-0.4, -0.2) is 0 Å². The monoisotopic (exact) mass is 1280 g/mol. The third-order valence-corrected chi connectivity index (χ3v) is 19.4. The topological polar surface area (TPSA) is 31.0 Å². The molecule has 0 atom stereocenters. The molecule has 7 aromatic carbocycles. The second-order valence-corrected chi connectivity index (χ2v) is 25.9. The van der Waals surface area contributed by atoms with Gasteiger partial charge in [0.25, 0.3) is 45.6 Å². The van der Waals surface area contributed by atoms with E-state index in [-0.39, 0.29) is 0 Å². The van der Waals surface area contributed by atoms with Crippen LogP contribution in [0.2, 0.25) is 0 Å². The summed E-state index contributed by atoms with van der Waals surface area (Å²) in [6.45, 7) is 13.1. The molecule has 0 aliphatic carbocycles. The van der Waals surface area contributed by atoms with E-state index < -0.39 is 0 Å². The Morgan fingerprint density at radius 2 is 0.643 bits per heavy atom. The van der Waals surface area contributed by atoms with E-state index in [2.05, 4.69) is 426 Å². The van der Waals surface area contributed by atoms with Crippen molar-refractivity contribution in [2.75, 3.05) is 0 Å². The highest BCUT2D eigenvalue weighted by Gasteiger charge is 2.30. The summed E-state index contributed by atoms with van der Waals surface area (Å²) in [5.41, 5.74) is 27.6. The molecular formula is C90H90N8+8. The van der Waals surface area contributed by atoms with Crippen LogP contribution in [0.25, 0.3) is 123 Å². The van der Waals surface area contributed by atoms with E-state index in [1.807, 2.05) is 0 Å². The van der Waals surface area contributed by atoms with Gasteiger partial charge in [0.15, 0.2) is 24.8 Å². The molecule has 0 unspecified atom stereocenters. The zero-order chi connectivity index (χ0) is 68.7. The smallest absolute Gasteiger partial charge is 0.196 e. The van der Waals surface area contributed by atoms with Gasteiger partial charge in [0.2, 0.25) is 22.8 Å². The van der Waals surface area contributed by atoms with Crippen LogP contribution in [0.5, 0.6) is 0 Å². The highest BCUT2D eigenvalue weighted by atomic mass is 15.0. The second-order valence-electron chi connectivity index (χ2n) is 25.9. The van der Waals surface area contributed by atoms with Crippen LogP contribution in [0.15, 0.2) is 292 Å². The summed E-state index contributed by atoms with van der Waals surface area (Å²) in [5.74, 6) is 0. The van der Waals surface area contributed by atoms with Crippen molar-refractivity contribution >= 4 is 32.3 Å². The molecule has 0 aliphatic heterocycles. The molecule has 0 N–H and O–H groups in total. The van der Waals surface area contributed by atoms with E-state index in [9.17, 15) is 0 Å². The van der Waals surface area contributed by atoms with Crippen molar-refractivity contribution in [3.8, 4) is 90.6 Å². The van der Waals surface area contributed by atoms with Gasteiger partial charge in [-0.15, -0.1) is 0 Å². The van der Waals surface area contributed by atoms with Gasteiger partial charge in [-0.1, -0.05) is 121 Å². The first kappa shape index (κ1) is 66.5. The lowest BCUT2D eigenvalue weighted by atomic mass is 9.96. The molecule has 0 radical (unpaired) electrons. The van der Waals surface area contributed by atoms with Crippen LogP contribution in [0.1, 0.15) is 33.4 Å². The Hall–Kier alpha value is -11.5. The molecule has 0 bridgehead atoms. The number of aromatic nitrogens is 8. The van der Waals surface area contributed by atoms with E-state index in [1.54, 1.807) is 0 Å². The molecule has 15 aromatic rings. The number of nitrogens with zero attached hydrogens (tertiary/aromatic N) is 8. The Labute approximate surface area is 579 Å². The summed E-state index contributed by atoms with van der Waals surface area (Å²) in [6, 6.07) is 95.0. The van der Waals surface area contributed by atoms with Crippen molar-refractivity contribution in [3.05, 3.63) is 325 Å². The number of aryl methyl sites for hydroxylation is 10. The van der Waals surface area contributed by atoms with Gasteiger partial charge in [-0.25, -0.2) is 0 Å². The van der Waals surface area contributed by atoms with Gasteiger partial charge < -0.3 is 0 Å². The maximum absolute atomic E-state index is 2.31. The number of fused-ring (bicyclic) bond motifs is 3. The lowest BCUT2D eigenvalue weighted by Crippen LogP contribution is -2.40. The number of pyridine rings is 8. The minimum atomic E-state index is 1.20. The normalized spacial score (nSPS) is 11.0. The van der Waals surface area contributed by atoms with Crippen molar-refractivity contribution in [1.29, 1.82) is 0 Å². The summed E-state index contributed by atoms with van der Waals surface area (Å²) in [6.07, 6.45) is 8.44. The van der Waals surface area contributed by atoms with Crippen LogP contribution in [0.4, 0.5) is 0 Å². The average Bonchev–Trinajstić information content (AvgIpc) is 0.790. The first-order valence-corrected chi connectivity index (χ1v) is 33.8.